The Labute approximate surface area is 201 Å². The van der Waals surface area contributed by atoms with Gasteiger partial charge in [-0.25, -0.2) is 0 Å². The molecule has 2 aromatic carbocycles. The largest absolute Gasteiger partial charge is 0.508 e. The maximum absolute atomic E-state index is 10.6. The molecule has 4 aliphatic heterocycles. The smallest absolute Gasteiger partial charge is 0.248 e. The summed E-state index contributed by atoms with van der Waals surface area (Å²) in [6, 6.07) is 7.01. The standard InChI is InChI=1S/C26H26N2O7/c29-23-3-1-17(19(5-13-9-31-13)21(23)7-15-11-33-15)25-27-28-26(35-25)18-2-4-24(30)22(8-16-12-34-16)20(18)6-14-10-32-14/h1-4,13-16,29-30H,5-12H2. The average Bonchev–Trinajstić information content (AvgIpc) is 3.64. The number of hydrogen-bond acceptors (Lipinski definition) is 9. The van der Waals surface area contributed by atoms with Crippen LogP contribution in [0, 0.1) is 0 Å². The summed E-state index contributed by atoms with van der Waals surface area (Å²) in [4.78, 5) is 0. The Morgan fingerprint density at radius 2 is 0.914 bits per heavy atom. The number of aromatic hydroxyl groups is 2. The van der Waals surface area contributed by atoms with Gasteiger partial charge in [-0.2, -0.15) is 0 Å². The Kier molecular flexibility index (Phi) is 5.06. The third-order valence-corrected chi connectivity index (χ3v) is 7.04. The normalized spacial score (nSPS) is 26.1. The van der Waals surface area contributed by atoms with E-state index >= 15 is 0 Å². The molecule has 1 aromatic heterocycles. The van der Waals surface area contributed by atoms with Crippen LogP contribution in [0.4, 0.5) is 0 Å². The highest BCUT2D eigenvalue weighted by Gasteiger charge is 2.33. The van der Waals surface area contributed by atoms with Gasteiger partial charge < -0.3 is 33.6 Å². The zero-order valence-corrected chi connectivity index (χ0v) is 19.1. The second-order valence-corrected chi connectivity index (χ2v) is 9.73. The van der Waals surface area contributed by atoms with E-state index in [0.717, 1.165) is 33.4 Å². The Hall–Kier alpha value is -2.98. The Morgan fingerprint density at radius 3 is 1.26 bits per heavy atom. The first-order chi connectivity index (χ1) is 17.1. The minimum absolute atomic E-state index is 0.131. The third-order valence-electron chi connectivity index (χ3n) is 7.04. The average molecular weight is 479 g/mol. The highest BCUT2D eigenvalue weighted by molar-refractivity contribution is 5.68. The van der Waals surface area contributed by atoms with Crippen molar-refractivity contribution < 1.29 is 33.6 Å². The zero-order chi connectivity index (χ0) is 23.5. The van der Waals surface area contributed by atoms with Gasteiger partial charge in [-0.05, 0) is 35.4 Å². The third kappa shape index (κ3) is 4.52. The monoisotopic (exact) mass is 478 g/mol. The summed E-state index contributed by atoms with van der Waals surface area (Å²) in [6.07, 6.45) is 3.13. The van der Waals surface area contributed by atoms with Crippen LogP contribution < -0.4 is 0 Å². The first-order valence-corrected chi connectivity index (χ1v) is 12.1. The van der Waals surface area contributed by atoms with Crippen LogP contribution in [-0.2, 0) is 44.6 Å². The molecule has 4 unspecified atom stereocenters. The summed E-state index contributed by atoms with van der Waals surface area (Å²) in [5, 5.41) is 30.0. The van der Waals surface area contributed by atoms with Crippen molar-refractivity contribution in [3.8, 4) is 34.4 Å². The quantitative estimate of drug-likeness (QED) is 0.422. The van der Waals surface area contributed by atoms with Gasteiger partial charge in [0.25, 0.3) is 0 Å². The number of aromatic nitrogens is 2. The van der Waals surface area contributed by atoms with E-state index in [1.54, 1.807) is 12.1 Å². The number of phenolic OH excluding ortho intramolecular Hbond substituents is 2. The van der Waals surface area contributed by atoms with E-state index in [2.05, 4.69) is 10.2 Å². The molecule has 4 atom stereocenters. The second-order valence-electron chi connectivity index (χ2n) is 9.73. The first-order valence-electron chi connectivity index (χ1n) is 12.1. The molecule has 4 fully saturated rings. The van der Waals surface area contributed by atoms with Crippen LogP contribution in [0.5, 0.6) is 11.5 Å². The van der Waals surface area contributed by atoms with Crippen molar-refractivity contribution >= 4 is 0 Å². The molecule has 0 aliphatic carbocycles. The van der Waals surface area contributed by atoms with Gasteiger partial charge in [0.05, 0.1) is 50.8 Å². The molecule has 5 heterocycles. The highest BCUT2D eigenvalue weighted by atomic mass is 16.6. The van der Waals surface area contributed by atoms with E-state index in [0.29, 0.717) is 63.9 Å². The molecule has 182 valence electrons. The number of hydrogen-bond donors (Lipinski definition) is 2. The van der Waals surface area contributed by atoms with Gasteiger partial charge in [0, 0.05) is 47.9 Å². The summed E-state index contributed by atoms with van der Waals surface area (Å²) in [5.74, 6) is 1.28. The summed E-state index contributed by atoms with van der Waals surface area (Å²) >= 11 is 0. The van der Waals surface area contributed by atoms with E-state index in [-0.39, 0.29) is 35.9 Å². The molecule has 0 saturated carbocycles. The second kappa shape index (κ2) is 8.30. The van der Waals surface area contributed by atoms with Crippen LogP contribution in [0.1, 0.15) is 22.3 Å². The van der Waals surface area contributed by atoms with Crippen molar-refractivity contribution in [2.45, 2.75) is 50.1 Å². The number of epoxide rings is 4. The summed E-state index contributed by atoms with van der Waals surface area (Å²) < 4.78 is 28.1. The topological polar surface area (TPSA) is 130 Å². The maximum Gasteiger partial charge on any atom is 0.248 e. The zero-order valence-electron chi connectivity index (χ0n) is 19.1. The Morgan fingerprint density at radius 1 is 0.571 bits per heavy atom. The lowest BCUT2D eigenvalue weighted by molar-refractivity contribution is 0.396. The van der Waals surface area contributed by atoms with Crippen LogP contribution in [0.2, 0.25) is 0 Å². The molecule has 4 aliphatic rings. The van der Waals surface area contributed by atoms with Gasteiger partial charge in [0.1, 0.15) is 11.5 Å². The molecule has 0 bridgehead atoms. The summed E-state index contributed by atoms with van der Waals surface area (Å²) in [7, 11) is 0. The van der Waals surface area contributed by atoms with Gasteiger partial charge in [0.2, 0.25) is 11.8 Å². The number of nitrogens with zero attached hydrogens (tertiary/aromatic N) is 2. The minimum Gasteiger partial charge on any atom is -0.508 e. The molecule has 3 aromatic rings. The van der Waals surface area contributed by atoms with Gasteiger partial charge in [-0.1, -0.05) is 0 Å². The minimum atomic E-state index is 0.131. The molecule has 9 heteroatoms. The van der Waals surface area contributed by atoms with Gasteiger partial charge >= 0.3 is 0 Å². The fourth-order valence-corrected chi connectivity index (χ4v) is 4.78. The molecular formula is C26H26N2O7. The van der Waals surface area contributed by atoms with Crippen LogP contribution in [0.15, 0.2) is 28.7 Å². The van der Waals surface area contributed by atoms with Crippen molar-refractivity contribution in [1.82, 2.24) is 10.2 Å². The Bertz CT molecular complexity index is 1180. The molecule has 0 radical (unpaired) electrons. The molecule has 35 heavy (non-hydrogen) atoms. The highest BCUT2D eigenvalue weighted by Crippen LogP contribution is 2.39. The number of rotatable bonds is 10. The lowest BCUT2D eigenvalue weighted by Gasteiger charge is -2.14. The van der Waals surface area contributed by atoms with E-state index in [4.69, 9.17) is 23.4 Å². The van der Waals surface area contributed by atoms with E-state index in [1.807, 2.05) is 12.1 Å². The van der Waals surface area contributed by atoms with Gasteiger partial charge in [0.15, 0.2) is 0 Å². The molecule has 0 spiro atoms. The van der Waals surface area contributed by atoms with Gasteiger partial charge in [-0.3, -0.25) is 0 Å². The predicted octanol–water partition coefficient (Wildman–Crippen LogP) is 2.58. The molecule has 7 rings (SSSR count). The Balaban J connectivity index is 1.28. The molecule has 9 nitrogen and oxygen atoms in total. The van der Waals surface area contributed by atoms with Crippen LogP contribution >= 0.6 is 0 Å². The van der Waals surface area contributed by atoms with E-state index < -0.39 is 0 Å². The SMILES string of the molecule is Oc1ccc(-c2nnc(-c3ccc(O)c(CC4CO4)c3CC3CO3)o2)c(CC2CO2)c1CC1CO1. The lowest BCUT2D eigenvalue weighted by Crippen LogP contribution is -2.05. The van der Waals surface area contributed by atoms with Crippen molar-refractivity contribution in [2.75, 3.05) is 26.4 Å². The summed E-state index contributed by atoms with van der Waals surface area (Å²) in [6.45, 7) is 2.82. The van der Waals surface area contributed by atoms with E-state index in [9.17, 15) is 10.2 Å². The van der Waals surface area contributed by atoms with Crippen LogP contribution in [0.25, 0.3) is 22.9 Å². The van der Waals surface area contributed by atoms with Crippen molar-refractivity contribution in [1.29, 1.82) is 0 Å². The van der Waals surface area contributed by atoms with Gasteiger partial charge in [-0.15, -0.1) is 10.2 Å². The maximum atomic E-state index is 10.6. The lowest BCUT2D eigenvalue weighted by atomic mass is 9.93. The predicted molar refractivity (Wildman–Crippen MR) is 122 cm³/mol. The van der Waals surface area contributed by atoms with Crippen molar-refractivity contribution in [3.05, 3.63) is 46.5 Å². The molecular weight excluding hydrogens is 452 g/mol. The molecule has 0 amide bonds. The fraction of sp³-hybridized carbons (Fsp3) is 0.462. The number of benzene rings is 2. The molecule has 4 saturated heterocycles. The molecule has 2 N–H and O–H groups in total. The number of ether oxygens (including phenoxy) is 4. The van der Waals surface area contributed by atoms with Crippen molar-refractivity contribution in [2.24, 2.45) is 0 Å². The van der Waals surface area contributed by atoms with E-state index in [1.165, 1.54) is 0 Å². The first kappa shape index (κ1) is 21.3. The number of phenols is 2. The van der Waals surface area contributed by atoms with Crippen LogP contribution in [-0.4, -0.2) is 71.3 Å². The van der Waals surface area contributed by atoms with Crippen LogP contribution in [0.3, 0.4) is 0 Å². The fourth-order valence-electron chi connectivity index (χ4n) is 4.78. The summed E-state index contributed by atoms with van der Waals surface area (Å²) in [5.41, 5.74) is 5.21. The van der Waals surface area contributed by atoms with Crippen molar-refractivity contribution in [3.63, 3.8) is 0 Å².